The van der Waals surface area contributed by atoms with Gasteiger partial charge in [0.25, 0.3) is 0 Å². The number of anilines is 1. The summed E-state index contributed by atoms with van der Waals surface area (Å²) in [5, 5.41) is 3.61. The van der Waals surface area contributed by atoms with Crippen molar-refractivity contribution in [3.8, 4) is 17.2 Å². The standard InChI is InChI=1S/C21H23NO5/c1-12(23)27-20-15-10-14(24-4)6-7-16(15)22-19(21(20,2)3)13-5-8-17-18(9-13)26-11-25-17/h5-10,19-20,22H,11H2,1-4H3/t19-,20+/m0/s1. The van der Waals surface area contributed by atoms with Crippen LogP contribution in [-0.4, -0.2) is 19.9 Å². The zero-order chi connectivity index (χ0) is 19.2. The average molecular weight is 369 g/mol. The van der Waals surface area contributed by atoms with Crippen LogP contribution in [-0.2, 0) is 9.53 Å². The quantitative estimate of drug-likeness (QED) is 0.817. The van der Waals surface area contributed by atoms with Crippen LogP contribution < -0.4 is 19.5 Å². The van der Waals surface area contributed by atoms with E-state index < -0.39 is 11.5 Å². The Kier molecular flexibility index (Phi) is 4.13. The van der Waals surface area contributed by atoms with Crippen LogP contribution in [0, 0.1) is 5.41 Å². The van der Waals surface area contributed by atoms with Crippen LogP contribution in [0.3, 0.4) is 0 Å². The van der Waals surface area contributed by atoms with Crippen molar-refractivity contribution in [2.24, 2.45) is 5.41 Å². The zero-order valence-corrected chi connectivity index (χ0v) is 15.9. The first-order valence-corrected chi connectivity index (χ1v) is 8.91. The number of carbonyl (C=O) groups is 1. The lowest BCUT2D eigenvalue weighted by Gasteiger charge is -2.46. The van der Waals surface area contributed by atoms with Crippen LogP contribution in [0.4, 0.5) is 5.69 Å². The summed E-state index contributed by atoms with van der Waals surface area (Å²) >= 11 is 0. The fraction of sp³-hybridized carbons (Fsp3) is 0.381. The van der Waals surface area contributed by atoms with Crippen LogP contribution in [0.1, 0.15) is 44.0 Å². The highest BCUT2D eigenvalue weighted by Gasteiger charge is 2.46. The summed E-state index contributed by atoms with van der Waals surface area (Å²) in [6, 6.07) is 11.6. The van der Waals surface area contributed by atoms with E-state index in [1.54, 1.807) is 7.11 Å². The molecule has 2 aromatic carbocycles. The van der Waals surface area contributed by atoms with Gasteiger partial charge in [-0.2, -0.15) is 0 Å². The first kappa shape index (κ1) is 17.5. The molecule has 4 rings (SSSR count). The summed E-state index contributed by atoms with van der Waals surface area (Å²) in [6.45, 7) is 5.85. The molecule has 2 heterocycles. The maximum absolute atomic E-state index is 11.9. The molecule has 27 heavy (non-hydrogen) atoms. The SMILES string of the molecule is COc1ccc2c(c1)[C@@H](OC(C)=O)C(C)(C)[C@H](c1ccc3c(c1)OCO3)N2. The number of ether oxygens (including phenoxy) is 4. The van der Waals surface area contributed by atoms with Crippen molar-refractivity contribution >= 4 is 11.7 Å². The molecule has 2 aliphatic heterocycles. The van der Waals surface area contributed by atoms with Gasteiger partial charge in [-0.15, -0.1) is 0 Å². The minimum Gasteiger partial charge on any atom is -0.497 e. The molecule has 0 amide bonds. The second-order valence-corrected chi connectivity index (χ2v) is 7.45. The number of nitrogens with one attached hydrogen (secondary N) is 1. The normalized spacial score (nSPS) is 21.8. The topological polar surface area (TPSA) is 66.0 Å². The van der Waals surface area contributed by atoms with Gasteiger partial charge in [0, 0.05) is 23.6 Å². The molecular formula is C21H23NO5. The van der Waals surface area contributed by atoms with E-state index in [1.165, 1.54) is 6.92 Å². The van der Waals surface area contributed by atoms with Crippen molar-refractivity contribution in [3.05, 3.63) is 47.5 Å². The van der Waals surface area contributed by atoms with E-state index in [2.05, 4.69) is 19.2 Å². The highest BCUT2D eigenvalue weighted by Crippen LogP contribution is 2.54. The number of benzene rings is 2. The Morgan fingerprint density at radius 1 is 1.15 bits per heavy atom. The van der Waals surface area contributed by atoms with Crippen LogP contribution in [0.25, 0.3) is 0 Å². The summed E-state index contributed by atoms with van der Waals surface area (Å²) in [6.07, 6.45) is -0.420. The van der Waals surface area contributed by atoms with Gasteiger partial charge in [0.15, 0.2) is 11.5 Å². The number of hydrogen-bond donors (Lipinski definition) is 1. The van der Waals surface area contributed by atoms with Crippen molar-refractivity contribution in [2.45, 2.75) is 32.9 Å². The van der Waals surface area contributed by atoms with E-state index in [9.17, 15) is 4.79 Å². The zero-order valence-electron chi connectivity index (χ0n) is 15.9. The Hall–Kier alpha value is -2.89. The minimum absolute atomic E-state index is 0.0859. The van der Waals surface area contributed by atoms with Gasteiger partial charge in [0.2, 0.25) is 6.79 Å². The van der Waals surface area contributed by atoms with Gasteiger partial charge < -0.3 is 24.3 Å². The lowest BCUT2D eigenvalue weighted by molar-refractivity contribution is -0.154. The molecule has 2 aliphatic rings. The third kappa shape index (κ3) is 2.95. The van der Waals surface area contributed by atoms with E-state index in [4.69, 9.17) is 18.9 Å². The fourth-order valence-electron chi connectivity index (χ4n) is 3.90. The van der Waals surface area contributed by atoms with Crippen LogP contribution >= 0.6 is 0 Å². The Morgan fingerprint density at radius 2 is 1.93 bits per heavy atom. The molecule has 6 nitrogen and oxygen atoms in total. The predicted molar refractivity (Wildman–Crippen MR) is 100 cm³/mol. The molecule has 0 aromatic heterocycles. The Balaban J connectivity index is 1.80. The predicted octanol–water partition coefficient (Wildman–Crippen LogP) is 4.22. The Bertz CT molecular complexity index is 892. The van der Waals surface area contributed by atoms with Gasteiger partial charge >= 0.3 is 5.97 Å². The molecule has 0 bridgehead atoms. The van der Waals surface area contributed by atoms with E-state index in [0.717, 1.165) is 34.1 Å². The van der Waals surface area contributed by atoms with Crippen molar-refractivity contribution < 1.29 is 23.7 Å². The molecule has 0 aliphatic carbocycles. The van der Waals surface area contributed by atoms with Gasteiger partial charge in [0.05, 0.1) is 13.2 Å². The van der Waals surface area contributed by atoms with Gasteiger partial charge in [-0.3, -0.25) is 4.79 Å². The largest absolute Gasteiger partial charge is 0.497 e. The third-order valence-electron chi connectivity index (χ3n) is 5.27. The van der Waals surface area contributed by atoms with E-state index in [1.807, 2.05) is 36.4 Å². The van der Waals surface area contributed by atoms with Crippen molar-refractivity contribution in [3.63, 3.8) is 0 Å². The highest BCUT2D eigenvalue weighted by molar-refractivity contribution is 5.68. The highest BCUT2D eigenvalue weighted by atomic mass is 16.7. The number of fused-ring (bicyclic) bond motifs is 2. The summed E-state index contributed by atoms with van der Waals surface area (Å²) in [5.74, 6) is 1.89. The van der Waals surface area contributed by atoms with Crippen molar-refractivity contribution in [1.29, 1.82) is 0 Å². The summed E-state index contributed by atoms with van der Waals surface area (Å²) in [4.78, 5) is 11.9. The second kappa shape index (κ2) is 6.37. The second-order valence-electron chi connectivity index (χ2n) is 7.45. The first-order valence-electron chi connectivity index (χ1n) is 8.91. The van der Waals surface area contributed by atoms with Gasteiger partial charge in [0.1, 0.15) is 11.9 Å². The van der Waals surface area contributed by atoms with E-state index in [-0.39, 0.29) is 18.8 Å². The maximum atomic E-state index is 11.9. The van der Waals surface area contributed by atoms with Crippen molar-refractivity contribution in [2.75, 3.05) is 19.2 Å². The average Bonchev–Trinajstić information content (AvgIpc) is 3.11. The van der Waals surface area contributed by atoms with Crippen molar-refractivity contribution in [1.82, 2.24) is 0 Å². The van der Waals surface area contributed by atoms with Gasteiger partial charge in [-0.1, -0.05) is 19.9 Å². The number of esters is 1. The summed E-state index contributed by atoms with van der Waals surface area (Å²) < 4.78 is 22.1. The molecule has 0 saturated carbocycles. The third-order valence-corrected chi connectivity index (χ3v) is 5.27. The number of methoxy groups -OCH3 is 1. The summed E-state index contributed by atoms with van der Waals surface area (Å²) in [7, 11) is 1.62. The van der Waals surface area contributed by atoms with E-state index in [0.29, 0.717) is 0 Å². The monoisotopic (exact) mass is 369 g/mol. The fourth-order valence-corrected chi connectivity index (χ4v) is 3.90. The first-order chi connectivity index (χ1) is 12.9. The van der Waals surface area contributed by atoms with Crippen LogP contribution in [0.2, 0.25) is 0 Å². The number of hydrogen-bond acceptors (Lipinski definition) is 6. The lowest BCUT2D eigenvalue weighted by Crippen LogP contribution is -2.40. The molecule has 2 atom stereocenters. The maximum Gasteiger partial charge on any atom is 0.303 e. The molecule has 142 valence electrons. The molecule has 0 unspecified atom stereocenters. The molecule has 2 aromatic rings. The Labute approximate surface area is 158 Å². The molecule has 6 heteroatoms. The number of rotatable bonds is 3. The Morgan fingerprint density at radius 3 is 2.67 bits per heavy atom. The molecule has 0 fully saturated rings. The molecular weight excluding hydrogens is 346 g/mol. The smallest absolute Gasteiger partial charge is 0.303 e. The van der Waals surface area contributed by atoms with Gasteiger partial charge in [-0.05, 0) is 35.9 Å². The molecule has 1 N–H and O–H groups in total. The number of carbonyl (C=O) groups excluding carboxylic acids is 1. The molecule has 0 radical (unpaired) electrons. The molecule has 0 saturated heterocycles. The lowest BCUT2D eigenvalue weighted by atomic mass is 9.70. The van der Waals surface area contributed by atoms with Crippen LogP contribution in [0.15, 0.2) is 36.4 Å². The summed E-state index contributed by atoms with van der Waals surface area (Å²) in [5.41, 5.74) is 2.46. The van der Waals surface area contributed by atoms with Gasteiger partial charge in [-0.25, -0.2) is 0 Å². The van der Waals surface area contributed by atoms with E-state index >= 15 is 0 Å². The van der Waals surface area contributed by atoms with Crippen LogP contribution in [0.5, 0.6) is 17.2 Å². The minimum atomic E-state index is -0.420. The molecule has 0 spiro atoms.